The molecular formula is C26H20F2N4O2. The van der Waals surface area contributed by atoms with Crippen LogP contribution in [0.1, 0.15) is 43.9 Å². The van der Waals surface area contributed by atoms with Gasteiger partial charge in [-0.3, -0.25) is 19.6 Å². The van der Waals surface area contributed by atoms with Crippen LogP contribution in [0.15, 0.2) is 97.6 Å². The first kappa shape index (κ1) is 22.7. The fourth-order valence-electron chi connectivity index (χ4n) is 3.51. The van der Waals surface area contributed by atoms with Gasteiger partial charge in [-0.25, -0.2) is 8.78 Å². The molecule has 0 aliphatic carbocycles. The summed E-state index contributed by atoms with van der Waals surface area (Å²) in [6.45, 7) is 0. The zero-order valence-electron chi connectivity index (χ0n) is 17.9. The van der Waals surface area contributed by atoms with Gasteiger partial charge in [0.15, 0.2) is 0 Å². The third-order valence-electron chi connectivity index (χ3n) is 5.25. The van der Waals surface area contributed by atoms with E-state index in [2.05, 4.69) is 20.6 Å². The predicted molar refractivity (Wildman–Crippen MR) is 122 cm³/mol. The molecule has 0 bridgehead atoms. The first-order valence-corrected chi connectivity index (χ1v) is 10.4. The molecule has 0 aliphatic heterocycles. The molecule has 0 fully saturated rings. The van der Waals surface area contributed by atoms with Crippen LogP contribution in [0.3, 0.4) is 0 Å². The smallest absolute Gasteiger partial charge is 0.251 e. The van der Waals surface area contributed by atoms with Crippen molar-refractivity contribution in [3.05, 3.63) is 131 Å². The van der Waals surface area contributed by atoms with Crippen LogP contribution in [-0.4, -0.2) is 21.8 Å². The number of halogens is 2. The van der Waals surface area contributed by atoms with Gasteiger partial charge in [0, 0.05) is 35.9 Å². The van der Waals surface area contributed by atoms with E-state index in [1.807, 2.05) is 0 Å². The summed E-state index contributed by atoms with van der Waals surface area (Å²) >= 11 is 0. The maximum Gasteiger partial charge on any atom is 0.251 e. The fraction of sp³-hybridized carbons (Fsp3) is 0.0769. The number of benzene rings is 2. The largest absolute Gasteiger partial charge is 0.343 e. The van der Waals surface area contributed by atoms with E-state index in [1.165, 1.54) is 48.5 Å². The van der Waals surface area contributed by atoms with Crippen LogP contribution in [0.5, 0.6) is 0 Å². The Morgan fingerprint density at radius 3 is 1.21 bits per heavy atom. The number of carbonyl (C=O) groups is 2. The molecule has 2 aromatic heterocycles. The van der Waals surface area contributed by atoms with Crippen LogP contribution >= 0.6 is 0 Å². The molecular weight excluding hydrogens is 438 g/mol. The van der Waals surface area contributed by atoms with Crippen LogP contribution in [0.25, 0.3) is 0 Å². The van der Waals surface area contributed by atoms with Gasteiger partial charge < -0.3 is 10.6 Å². The van der Waals surface area contributed by atoms with Gasteiger partial charge in [-0.1, -0.05) is 0 Å². The molecule has 2 aromatic carbocycles. The molecule has 0 aliphatic rings. The molecule has 8 heteroatoms. The quantitative estimate of drug-likeness (QED) is 0.430. The normalized spacial score (nSPS) is 12.4. The second-order valence-corrected chi connectivity index (χ2v) is 7.48. The van der Waals surface area contributed by atoms with E-state index >= 15 is 0 Å². The molecule has 2 unspecified atom stereocenters. The predicted octanol–water partition coefficient (Wildman–Crippen LogP) is 4.40. The number of rotatable bonds is 7. The molecule has 2 atom stereocenters. The van der Waals surface area contributed by atoms with Crippen molar-refractivity contribution in [3.63, 3.8) is 0 Å². The average molecular weight is 458 g/mol. The van der Waals surface area contributed by atoms with Gasteiger partial charge in [-0.2, -0.15) is 0 Å². The number of nitrogens with zero attached hydrogens (tertiary/aromatic N) is 2. The van der Waals surface area contributed by atoms with Crippen LogP contribution in [0.2, 0.25) is 0 Å². The summed E-state index contributed by atoms with van der Waals surface area (Å²) in [6, 6.07) is 15.8. The Balaban J connectivity index is 1.71. The van der Waals surface area contributed by atoms with Crippen molar-refractivity contribution in [2.24, 2.45) is 0 Å². The maximum absolute atomic E-state index is 13.3. The summed E-state index contributed by atoms with van der Waals surface area (Å²) < 4.78 is 26.7. The molecule has 34 heavy (non-hydrogen) atoms. The second-order valence-electron chi connectivity index (χ2n) is 7.48. The van der Waals surface area contributed by atoms with E-state index in [-0.39, 0.29) is 11.1 Å². The topological polar surface area (TPSA) is 84.0 Å². The Morgan fingerprint density at radius 1 is 0.559 bits per heavy atom. The first-order valence-electron chi connectivity index (χ1n) is 10.4. The lowest BCUT2D eigenvalue weighted by Gasteiger charge is -2.30. The Hall–Kier alpha value is -4.46. The first-order chi connectivity index (χ1) is 16.5. The lowest BCUT2D eigenvalue weighted by molar-refractivity contribution is 0.0881. The van der Waals surface area contributed by atoms with Crippen molar-refractivity contribution in [2.75, 3.05) is 0 Å². The summed E-state index contributed by atoms with van der Waals surface area (Å²) in [4.78, 5) is 34.2. The number of hydrogen-bond acceptors (Lipinski definition) is 4. The molecule has 2 amide bonds. The van der Waals surface area contributed by atoms with E-state index in [0.717, 1.165) is 0 Å². The zero-order chi connectivity index (χ0) is 23.9. The SMILES string of the molecule is O=C(NC(c1ccncc1)C(NC(=O)c1ccc(F)cc1)c1ccncc1)c1ccc(F)cc1. The van der Waals surface area contributed by atoms with Crippen molar-refractivity contribution >= 4 is 11.8 Å². The molecule has 2 N–H and O–H groups in total. The van der Waals surface area contributed by atoms with Crippen LogP contribution in [0, 0.1) is 11.6 Å². The highest BCUT2D eigenvalue weighted by Gasteiger charge is 2.29. The number of aromatic nitrogens is 2. The van der Waals surface area contributed by atoms with Crippen LogP contribution in [0.4, 0.5) is 8.78 Å². The molecule has 0 saturated heterocycles. The third-order valence-corrected chi connectivity index (χ3v) is 5.25. The highest BCUT2D eigenvalue weighted by molar-refractivity contribution is 5.95. The van der Waals surface area contributed by atoms with Gasteiger partial charge >= 0.3 is 0 Å². The molecule has 170 valence electrons. The minimum atomic E-state index is -0.715. The summed E-state index contributed by atoms with van der Waals surface area (Å²) in [6.07, 6.45) is 6.32. The summed E-state index contributed by atoms with van der Waals surface area (Å²) in [5.74, 6) is -1.80. The molecule has 0 saturated carbocycles. The lowest BCUT2D eigenvalue weighted by atomic mass is 9.93. The van der Waals surface area contributed by atoms with Crippen molar-refractivity contribution in [3.8, 4) is 0 Å². The van der Waals surface area contributed by atoms with E-state index < -0.39 is 35.5 Å². The molecule has 4 aromatic rings. The van der Waals surface area contributed by atoms with Crippen molar-refractivity contribution < 1.29 is 18.4 Å². The second kappa shape index (κ2) is 10.4. The van der Waals surface area contributed by atoms with E-state index in [4.69, 9.17) is 0 Å². The molecule has 2 heterocycles. The Labute approximate surface area is 194 Å². The fourth-order valence-corrected chi connectivity index (χ4v) is 3.51. The van der Waals surface area contributed by atoms with Gasteiger partial charge in [0.2, 0.25) is 0 Å². The van der Waals surface area contributed by atoms with Gasteiger partial charge in [0.25, 0.3) is 11.8 Å². The van der Waals surface area contributed by atoms with Crippen LogP contribution < -0.4 is 10.6 Å². The van der Waals surface area contributed by atoms with Crippen molar-refractivity contribution in [1.29, 1.82) is 0 Å². The van der Waals surface area contributed by atoms with Gasteiger partial charge in [0.05, 0.1) is 12.1 Å². The highest BCUT2D eigenvalue weighted by atomic mass is 19.1. The molecule has 4 rings (SSSR count). The Bertz CT molecular complexity index is 1150. The maximum atomic E-state index is 13.3. The highest BCUT2D eigenvalue weighted by Crippen LogP contribution is 2.29. The standard InChI is InChI=1S/C26H20F2N4O2/c27-21-5-1-19(2-6-21)25(33)31-23(17-9-13-29-14-10-17)24(18-11-15-30-16-12-18)32-26(34)20-3-7-22(28)8-4-20/h1-16,23-24H,(H,31,33)(H,32,34). The number of pyridine rings is 2. The van der Waals surface area contributed by atoms with Gasteiger partial charge in [-0.15, -0.1) is 0 Å². The zero-order valence-corrected chi connectivity index (χ0v) is 17.9. The minimum Gasteiger partial charge on any atom is -0.343 e. The molecule has 0 spiro atoms. The van der Waals surface area contributed by atoms with Crippen molar-refractivity contribution in [2.45, 2.75) is 12.1 Å². The van der Waals surface area contributed by atoms with E-state index in [9.17, 15) is 18.4 Å². The van der Waals surface area contributed by atoms with Gasteiger partial charge in [-0.05, 0) is 83.9 Å². The van der Waals surface area contributed by atoms with Crippen LogP contribution in [-0.2, 0) is 0 Å². The summed E-state index contributed by atoms with van der Waals surface area (Å²) in [5, 5.41) is 5.90. The monoisotopic (exact) mass is 458 g/mol. The summed E-state index contributed by atoms with van der Waals surface area (Å²) in [7, 11) is 0. The number of carbonyl (C=O) groups excluding carboxylic acids is 2. The van der Waals surface area contributed by atoms with E-state index in [1.54, 1.807) is 49.1 Å². The number of nitrogens with one attached hydrogen (secondary N) is 2. The lowest BCUT2D eigenvalue weighted by Crippen LogP contribution is -2.41. The molecule has 6 nitrogen and oxygen atoms in total. The van der Waals surface area contributed by atoms with Gasteiger partial charge in [0.1, 0.15) is 11.6 Å². The average Bonchev–Trinajstić information content (AvgIpc) is 2.87. The Morgan fingerprint density at radius 2 is 0.882 bits per heavy atom. The number of hydrogen-bond donors (Lipinski definition) is 2. The summed E-state index contributed by atoms with van der Waals surface area (Å²) in [5.41, 5.74) is 1.90. The Kier molecular flexibility index (Phi) is 6.98. The third kappa shape index (κ3) is 5.47. The molecule has 0 radical (unpaired) electrons. The number of amides is 2. The minimum absolute atomic E-state index is 0.263. The van der Waals surface area contributed by atoms with E-state index in [0.29, 0.717) is 11.1 Å². The van der Waals surface area contributed by atoms with Crippen molar-refractivity contribution in [1.82, 2.24) is 20.6 Å².